The maximum Gasteiger partial charge on any atom is 0.404 e. The molecule has 0 aromatic heterocycles. The Bertz CT molecular complexity index is 164. The first-order valence-electron chi connectivity index (χ1n) is 4.80. The van der Waals surface area contributed by atoms with Gasteiger partial charge in [-0.05, 0) is 37.5 Å². The summed E-state index contributed by atoms with van der Waals surface area (Å²) in [5, 5.41) is 19.7. The lowest BCUT2D eigenvalue weighted by molar-refractivity contribution is 0.161. The van der Waals surface area contributed by atoms with Crippen molar-refractivity contribution in [3.8, 4) is 0 Å². The van der Waals surface area contributed by atoms with Crippen molar-refractivity contribution in [2.24, 2.45) is 11.8 Å². The van der Waals surface area contributed by atoms with Crippen LogP contribution in [-0.4, -0.2) is 29.5 Å². The number of rotatable bonds is 3. The minimum atomic E-state index is -0.940. The number of nitrogens with one attached hydrogen (secondary N) is 1. The van der Waals surface area contributed by atoms with E-state index in [2.05, 4.69) is 5.32 Å². The highest BCUT2D eigenvalue weighted by molar-refractivity contribution is 5.64. The Labute approximate surface area is 78.0 Å². The molecule has 3 N–H and O–H groups in total. The second kappa shape index (κ2) is 5.07. The van der Waals surface area contributed by atoms with Gasteiger partial charge in [0.2, 0.25) is 0 Å². The van der Waals surface area contributed by atoms with Crippen LogP contribution in [0.3, 0.4) is 0 Å². The predicted molar refractivity (Wildman–Crippen MR) is 48.6 cm³/mol. The van der Waals surface area contributed by atoms with Crippen LogP contribution in [0.5, 0.6) is 0 Å². The van der Waals surface area contributed by atoms with Crippen LogP contribution in [0.4, 0.5) is 4.79 Å². The molecule has 1 aliphatic carbocycles. The molecule has 0 aromatic carbocycles. The molecule has 0 radical (unpaired) electrons. The molecular weight excluding hydrogens is 170 g/mol. The second-order valence-corrected chi connectivity index (χ2v) is 3.76. The summed E-state index contributed by atoms with van der Waals surface area (Å²) in [6.45, 7) is 0.840. The first kappa shape index (κ1) is 10.3. The molecule has 1 rings (SSSR count). The zero-order chi connectivity index (χ0) is 9.68. The fraction of sp³-hybridized carbons (Fsp3) is 0.889. The molecular formula is C9H17NO3. The number of aliphatic hydroxyl groups excluding tert-OH is 1. The van der Waals surface area contributed by atoms with E-state index in [-0.39, 0.29) is 6.61 Å². The van der Waals surface area contributed by atoms with Crippen LogP contribution in [0.25, 0.3) is 0 Å². The maximum absolute atomic E-state index is 10.2. The number of hydrogen-bond acceptors (Lipinski definition) is 2. The molecule has 0 aliphatic heterocycles. The van der Waals surface area contributed by atoms with Crippen molar-refractivity contribution in [3.63, 3.8) is 0 Å². The van der Waals surface area contributed by atoms with E-state index in [1.54, 1.807) is 0 Å². The Morgan fingerprint density at radius 1 is 1.23 bits per heavy atom. The molecule has 76 valence electrons. The smallest absolute Gasteiger partial charge is 0.404 e. The molecule has 0 atom stereocenters. The number of hydrogen-bond donors (Lipinski definition) is 3. The highest BCUT2D eigenvalue weighted by Crippen LogP contribution is 2.27. The van der Waals surface area contributed by atoms with Crippen LogP contribution in [0.2, 0.25) is 0 Å². The van der Waals surface area contributed by atoms with Gasteiger partial charge in [-0.3, -0.25) is 0 Å². The Morgan fingerprint density at radius 3 is 2.23 bits per heavy atom. The third-order valence-corrected chi connectivity index (χ3v) is 2.77. The Morgan fingerprint density at radius 2 is 1.77 bits per heavy atom. The van der Waals surface area contributed by atoms with E-state index in [1.165, 1.54) is 0 Å². The van der Waals surface area contributed by atoms with Crippen molar-refractivity contribution < 1.29 is 15.0 Å². The first-order valence-corrected chi connectivity index (χ1v) is 4.80. The Hall–Kier alpha value is -0.770. The van der Waals surface area contributed by atoms with Crippen molar-refractivity contribution in [1.29, 1.82) is 0 Å². The van der Waals surface area contributed by atoms with Crippen LogP contribution in [0.15, 0.2) is 0 Å². The van der Waals surface area contributed by atoms with Crippen molar-refractivity contribution in [2.45, 2.75) is 25.7 Å². The van der Waals surface area contributed by atoms with Gasteiger partial charge in [0.25, 0.3) is 0 Å². The molecule has 4 heteroatoms. The number of aliphatic hydroxyl groups is 1. The van der Waals surface area contributed by atoms with Gasteiger partial charge in [0.05, 0.1) is 0 Å². The van der Waals surface area contributed by atoms with Gasteiger partial charge in [-0.25, -0.2) is 4.79 Å². The van der Waals surface area contributed by atoms with Gasteiger partial charge < -0.3 is 15.5 Å². The van der Waals surface area contributed by atoms with E-state index in [1.807, 2.05) is 0 Å². The van der Waals surface area contributed by atoms with Crippen LogP contribution in [0, 0.1) is 11.8 Å². The zero-order valence-corrected chi connectivity index (χ0v) is 7.70. The van der Waals surface area contributed by atoms with Crippen LogP contribution >= 0.6 is 0 Å². The molecule has 0 heterocycles. The Kier molecular flexibility index (Phi) is 4.02. The SMILES string of the molecule is O=C(O)NCC1CCC(CO)CC1. The molecule has 1 saturated carbocycles. The third kappa shape index (κ3) is 3.63. The standard InChI is InChI=1S/C9H17NO3/c11-6-8-3-1-7(2-4-8)5-10-9(12)13/h7-8,10-11H,1-6H2,(H,12,13). The molecule has 0 spiro atoms. The van der Waals surface area contributed by atoms with Gasteiger partial charge in [0.1, 0.15) is 0 Å². The zero-order valence-electron chi connectivity index (χ0n) is 7.70. The highest BCUT2D eigenvalue weighted by atomic mass is 16.4. The number of carbonyl (C=O) groups is 1. The summed E-state index contributed by atoms with van der Waals surface area (Å²) in [7, 11) is 0. The van der Waals surface area contributed by atoms with Crippen LogP contribution in [-0.2, 0) is 0 Å². The second-order valence-electron chi connectivity index (χ2n) is 3.76. The summed E-state index contributed by atoms with van der Waals surface area (Å²) < 4.78 is 0. The van der Waals surface area contributed by atoms with Crippen LogP contribution in [0.1, 0.15) is 25.7 Å². The fourth-order valence-electron chi connectivity index (χ4n) is 1.85. The number of amides is 1. The normalized spacial score (nSPS) is 28.4. The molecule has 0 bridgehead atoms. The van der Waals surface area contributed by atoms with Crippen molar-refractivity contribution in [2.75, 3.05) is 13.2 Å². The Balaban J connectivity index is 2.14. The maximum atomic E-state index is 10.2. The molecule has 0 aromatic rings. The molecule has 13 heavy (non-hydrogen) atoms. The topological polar surface area (TPSA) is 69.6 Å². The summed E-state index contributed by atoms with van der Waals surface area (Å²) in [5.41, 5.74) is 0. The van der Waals surface area contributed by atoms with Gasteiger partial charge in [-0.1, -0.05) is 0 Å². The van der Waals surface area contributed by atoms with E-state index >= 15 is 0 Å². The van der Waals surface area contributed by atoms with E-state index in [9.17, 15) is 4.79 Å². The third-order valence-electron chi connectivity index (χ3n) is 2.77. The van der Waals surface area contributed by atoms with Gasteiger partial charge in [-0.2, -0.15) is 0 Å². The largest absolute Gasteiger partial charge is 0.465 e. The summed E-state index contributed by atoms with van der Waals surface area (Å²) in [6.07, 6.45) is 3.19. The lowest BCUT2D eigenvalue weighted by atomic mass is 9.82. The summed E-state index contributed by atoms with van der Waals surface area (Å²) >= 11 is 0. The van der Waals surface area contributed by atoms with E-state index in [0.717, 1.165) is 25.7 Å². The summed E-state index contributed by atoms with van der Waals surface area (Å²) in [6, 6.07) is 0. The molecule has 1 amide bonds. The van der Waals surface area contributed by atoms with Gasteiger partial charge in [-0.15, -0.1) is 0 Å². The average Bonchev–Trinajstić information content (AvgIpc) is 2.15. The van der Waals surface area contributed by atoms with Crippen molar-refractivity contribution in [1.82, 2.24) is 5.32 Å². The van der Waals surface area contributed by atoms with Gasteiger partial charge >= 0.3 is 6.09 Å². The average molecular weight is 187 g/mol. The molecule has 1 fully saturated rings. The predicted octanol–water partition coefficient (Wildman–Crippen LogP) is 1.05. The van der Waals surface area contributed by atoms with Crippen molar-refractivity contribution in [3.05, 3.63) is 0 Å². The van der Waals surface area contributed by atoms with E-state index in [0.29, 0.717) is 18.4 Å². The first-order chi connectivity index (χ1) is 6.22. The molecule has 0 saturated heterocycles. The monoisotopic (exact) mass is 187 g/mol. The van der Waals surface area contributed by atoms with Gasteiger partial charge in [0.15, 0.2) is 0 Å². The molecule has 0 unspecified atom stereocenters. The minimum absolute atomic E-state index is 0.277. The summed E-state index contributed by atoms with van der Waals surface area (Å²) in [5.74, 6) is 0.917. The van der Waals surface area contributed by atoms with Crippen molar-refractivity contribution >= 4 is 6.09 Å². The minimum Gasteiger partial charge on any atom is -0.465 e. The summed E-state index contributed by atoms with van der Waals surface area (Å²) in [4.78, 5) is 10.2. The lowest BCUT2D eigenvalue weighted by Gasteiger charge is -2.26. The number of carboxylic acid groups (broad SMARTS) is 1. The quantitative estimate of drug-likeness (QED) is 0.618. The highest BCUT2D eigenvalue weighted by Gasteiger charge is 2.20. The molecule has 4 nitrogen and oxygen atoms in total. The lowest BCUT2D eigenvalue weighted by Crippen LogP contribution is -2.30. The van der Waals surface area contributed by atoms with E-state index in [4.69, 9.17) is 10.2 Å². The van der Waals surface area contributed by atoms with E-state index < -0.39 is 6.09 Å². The van der Waals surface area contributed by atoms with Gasteiger partial charge in [0, 0.05) is 13.2 Å². The fourth-order valence-corrected chi connectivity index (χ4v) is 1.85. The van der Waals surface area contributed by atoms with Crippen LogP contribution < -0.4 is 5.32 Å². The molecule has 1 aliphatic rings.